The Hall–Kier alpha value is -1.44. The van der Waals surface area contributed by atoms with Crippen LogP contribution in [0.5, 0.6) is 5.75 Å². The number of hydrogen-bond donors (Lipinski definition) is 1. The minimum atomic E-state index is -4.45. The van der Waals surface area contributed by atoms with Gasteiger partial charge in [-0.15, -0.1) is 0 Å². The predicted octanol–water partition coefficient (Wildman–Crippen LogP) is 4.76. The molecular formula is C15H19BrF3NO3. The largest absolute Gasteiger partial charge is 0.494 e. The Morgan fingerprint density at radius 3 is 2.48 bits per heavy atom. The monoisotopic (exact) mass is 397 g/mol. The second kappa shape index (κ2) is 7.90. The Kier molecular flexibility index (Phi) is 6.73. The van der Waals surface area contributed by atoms with Gasteiger partial charge in [0.25, 0.3) is 0 Å². The van der Waals surface area contributed by atoms with E-state index in [1.54, 1.807) is 20.8 Å². The number of rotatable bonds is 5. The van der Waals surface area contributed by atoms with Crippen LogP contribution in [0.25, 0.3) is 0 Å². The maximum atomic E-state index is 12.7. The standard InChI is InChI=1S/C15H19BrF3NO3/c1-14(2,3)23-13(21)20-7-4-8-22-10-5-6-12(16)11(9-10)15(17,18)19/h5-6,9H,4,7-8H2,1-3H3,(H,20,21). The molecule has 4 nitrogen and oxygen atoms in total. The summed E-state index contributed by atoms with van der Waals surface area (Å²) in [6.45, 7) is 5.73. The number of hydrogen-bond acceptors (Lipinski definition) is 3. The zero-order chi connectivity index (χ0) is 17.7. The SMILES string of the molecule is CC(C)(C)OC(=O)NCCCOc1ccc(Br)c(C(F)(F)F)c1. The number of carbonyl (C=O) groups excluding carboxylic acids is 1. The fourth-order valence-corrected chi connectivity index (χ4v) is 2.05. The number of carbonyl (C=O) groups is 1. The van der Waals surface area contributed by atoms with Gasteiger partial charge in [0.15, 0.2) is 0 Å². The van der Waals surface area contributed by atoms with Gasteiger partial charge in [0, 0.05) is 11.0 Å². The van der Waals surface area contributed by atoms with E-state index in [2.05, 4.69) is 21.2 Å². The molecule has 8 heteroatoms. The summed E-state index contributed by atoms with van der Waals surface area (Å²) >= 11 is 2.86. The van der Waals surface area contributed by atoms with Crippen molar-refractivity contribution in [2.45, 2.75) is 39.0 Å². The first-order valence-electron chi connectivity index (χ1n) is 6.95. The van der Waals surface area contributed by atoms with E-state index < -0.39 is 23.4 Å². The van der Waals surface area contributed by atoms with Crippen LogP contribution in [0.15, 0.2) is 22.7 Å². The zero-order valence-corrected chi connectivity index (χ0v) is 14.7. The van der Waals surface area contributed by atoms with Gasteiger partial charge in [0.2, 0.25) is 0 Å². The Morgan fingerprint density at radius 2 is 1.91 bits per heavy atom. The van der Waals surface area contributed by atoms with Gasteiger partial charge in [-0.3, -0.25) is 0 Å². The second-order valence-electron chi connectivity index (χ2n) is 5.77. The van der Waals surface area contributed by atoms with Crippen LogP contribution in [-0.2, 0) is 10.9 Å². The first-order chi connectivity index (χ1) is 10.5. The van der Waals surface area contributed by atoms with Crippen molar-refractivity contribution < 1.29 is 27.4 Å². The first-order valence-corrected chi connectivity index (χ1v) is 7.75. The molecule has 0 atom stereocenters. The summed E-state index contributed by atoms with van der Waals surface area (Å²) < 4.78 is 48.5. The van der Waals surface area contributed by atoms with E-state index in [9.17, 15) is 18.0 Å². The smallest absolute Gasteiger partial charge is 0.417 e. The third-order valence-corrected chi connectivity index (χ3v) is 3.19. The van der Waals surface area contributed by atoms with Crippen LogP contribution in [0.2, 0.25) is 0 Å². The molecular weight excluding hydrogens is 379 g/mol. The van der Waals surface area contributed by atoms with Gasteiger partial charge in [0.1, 0.15) is 11.4 Å². The molecule has 1 N–H and O–H groups in total. The highest BCUT2D eigenvalue weighted by Gasteiger charge is 2.33. The average Bonchev–Trinajstić information content (AvgIpc) is 2.36. The predicted molar refractivity (Wildman–Crippen MR) is 83.5 cm³/mol. The molecule has 23 heavy (non-hydrogen) atoms. The minimum absolute atomic E-state index is 0.0380. The summed E-state index contributed by atoms with van der Waals surface area (Å²) in [7, 11) is 0. The van der Waals surface area contributed by atoms with Gasteiger partial charge >= 0.3 is 12.3 Å². The van der Waals surface area contributed by atoms with Crippen LogP contribution in [-0.4, -0.2) is 24.8 Å². The lowest BCUT2D eigenvalue weighted by Gasteiger charge is -2.19. The number of halogens is 4. The molecule has 0 unspecified atom stereocenters. The number of alkyl carbamates (subject to hydrolysis) is 1. The molecule has 1 rings (SSSR count). The fourth-order valence-electron chi connectivity index (χ4n) is 1.58. The van der Waals surface area contributed by atoms with Crippen LogP contribution in [0.1, 0.15) is 32.8 Å². The molecule has 0 saturated carbocycles. The maximum Gasteiger partial charge on any atom is 0.417 e. The van der Waals surface area contributed by atoms with Gasteiger partial charge in [-0.05, 0) is 45.4 Å². The normalized spacial score (nSPS) is 12.0. The third kappa shape index (κ3) is 7.58. The van der Waals surface area contributed by atoms with Crippen LogP contribution >= 0.6 is 15.9 Å². The fraction of sp³-hybridized carbons (Fsp3) is 0.533. The highest BCUT2D eigenvalue weighted by molar-refractivity contribution is 9.10. The zero-order valence-electron chi connectivity index (χ0n) is 13.1. The van der Waals surface area contributed by atoms with Gasteiger partial charge in [0.05, 0.1) is 12.2 Å². The molecule has 130 valence electrons. The van der Waals surface area contributed by atoms with Gasteiger partial charge in [-0.2, -0.15) is 13.2 Å². The Morgan fingerprint density at radius 1 is 1.26 bits per heavy atom. The molecule has 1 amide bonds. The Bertz CT molecular complexity index is 542. The Labute approximate surface area is 141 Å². The van der Waals surface area contributed by atoms with Crippen molar-refractivity contribution in [3.8, 4) is 5.75 Å². The van der Waals surface area contributed by atoms with E-state index >= 15 is 0 Å². The summed E-state index contributed by atoms with van der Waals surface area (Å²) in [4.78, 5) is 11.4. The summed E-state index contributed by atoms with van der Waals surface area (Å²) in [6.07, 6.45) is -4.55. The lowest BCUT2D eigenvalue weighted by Crippen LogP contribution is -2.33. The van der Waals surface area contributed by atoms with E-state index in [-0.39, 0.29) is 16.8 Å². The van der Waals surface area contributed by atoms with E-state index in [0.717, 1.165) is 6.07 Å². The summed E-state index contributed by atoms with van der Waals surface area (Å²) in [5.74, 6) is 0.123. The third-order valence-electron chi connectivity index (χ3n) is 2.50. The maximum absolute atomic E-state index is 12.7. The van der Waals surface area contributed by atoms with Crippen molar-refractivity contribution in [1.82, 2.24) is 5.32 Å². The average molecular weight is 398 g/mol. The van der Waals surface area contributed by atoms with Crippen molar-refractivity contribution in [2.75, 3.05) is 13.2 Å². The van der Waals surface area contributed by atoms with E-state index in [4.69, 9.17) is 9.47 Å². The highest BCUT2D eigenvalue weighted by Crippen LogP contribution is 2.36. The molecule has 0 aliphatic heterocycles. The minimum Gasteiger partial charge on any atom is -0.494 e. The molecule has 0 radical (unpaired) electrons. The molecule has 1 aromatic carbocycles. The molecule has 0 fully saturated rings. The molecule has 0 spiro atoms. The summed E-state index contributed by atoms with van der Waals surface area (Å²) in [5.41, 5.74) is -1.37. The van der Waals surface area contributed by atoms with Crippen LogP contribution in [0.4, 0.5) is 18.0 Å². The quantitative estimate of drug-likeness (QED) is 0.728. The topological polar surface area (TPSA) is 47.6 Å². The van der Waals surface area contributed by atoms with Gasteiger partial charge < -0.3 is 14.8 Å². The van der Waals surface area contributed by atoms with Crippen molar-refractivity contribution in [3.63, 3.8) is 0 Å². The molecule has 0 bridgehead atoms. The second-order valence-corrected chi connectivity index (χ2v) is 6.62. The molecule has 0 aromatic heterocycles. The van der Waals surface area contributed by atoms with E-state index in [1.165, 1.54) is 12.1 Å². The lowest BCUT2D eigenvalue weighted by atomic mass is 10.2. The van der Waals surface area contributed by atoms with E-state index in [0.29, 0.717) is 13.0 Å². The molecule has 0 saturated heterocycles. The Balaban J connectivity index is 2.38. The van der Waals surface area contributed by atoms with Crippen molar-refractivity contribution in [3.05, 3.63) is 28.2 Å². The van der Waals surface area contributed by atoms with Gasteiger partial charge in [-0.25, -0.2) is 4.79 Å². The molecule has 0 aliphatic rings. The lowest BCUT2D eigenvalue weighted by molar-refractivity contribution is -0.138. The van der Waals surface area contributed by atoms with E-state index in [1.807, 2.05) is 0 Å². The molecule has 0 aliphatic carbocycles. The first kappa shape index (κ1) is 19.6. The molecule has 0 heterocycles. The number of ether oxygens (including phenoxy) is 2. The molecule has 1 aromatic rings. The highest BCUT2D eigenvalue weighted by atomic mass is 79.9. The van der Waals surface area contributed by atoms with Crippen LogP contribution in [0, 0.1) is 0 Å². The van der Waals surface area contributed by atoms with Crippen molar-refractivity contribution in [2.24, 2.45) is 0 Å². The summed E-state index contributed by atoms with van der Waals surface area (Å²) in [5, 5.41) is 2.54. The number of amides is 1. The van der Waals surface area contributed by atoms with Crippen molar-refractivity contribution in [1.29, 1.82) is 0 Å². The number of nitrogens with one attached hydrogen (secondary N) is 1. The van der Waals surface area contributed by atoms with Gasteiger partial charge in [-0.1, -0.05) is 15.9 Å². The summed E-state index contributed by atoms with van der Waals surface area (Å²) in [6, 6.07) is 3.67. The van der Waals surface area contributed by atoms with Crippen LogP contribution in [0.3, 0.4) is 0 Å². The van der Waals surface area contributed by atoms with Crippen LogP contribution < -0.4 is 10.1 Å². The van der Waals surface area contributed by atoms with Crippen molar-refractivity contribution >= 4 is 22.0 Å². The number of alkyl halides is 3. The number of benzene rings is 1.